The van der Waals surface area contributed by atoms with Crippen molar-refractivity contribution in [2.45, 2.75) is 6.42 Å². The average molecular weight is 350 g/mol. The SMILES string of the molecule is CN=C(NC)NCCCNS(C)(=O)=O.I. The van der Waals surface area contributed by atoms with Crippen LogP contribution in [0, 0.1) is 0 Å². The van der Waals surface area contributed by atoms with Crippen LogP contribution in [0.2, 0.25) is 0 Å². The van der Waals surface area contributed by atoms with Crippen molar-refractivity contribution in [2.75, 3.05) is 33.4 Å². The molecule has 6 nitrogen and oxygen atoms in total. The highest BCUT2D eigenvalue weighted by Gasteiger charge is 1.98. The molecule has 0 radical (unpaired) electrons. The lowest BCUT2D eigenvalue weighted by molar-refractivity contribution is 0.584. The summed E-state index contributed by atoms with van der Waals surface area (Å²) in [5.74, 6) is 0.698. The Balaban J connectivity index is 0. The van der Waals surface area contributed by atoms with E-state index in [9.17, 15) is 8.42 Å². The van der Waals surface area contributed by atoms with Gasteiger partial charge in [0.25, 0.3) is 0 Å². The van der Waals surface area contributed by atoms with E-state index in [1.165, 1.54) is 0 Å². The van der Waals surface area contributed by atoms with E-state index in [0.29, 0.717) is 25.5 Å². The molecule has 0 saturated carbocycles. The molecule has 0 aliphatic carbocycles. The van der Waals surface area contributed by atoms with Gasteiger partial charge >= 0.3 is 0 Å². The molecule has 0 heterocycles. The van der Waals surface area contributed by atoms with Gasteiger partial charge in [-0.15, -0.1) is 24.0 Å². The quantitative estimate of drug-likeness (QED) is 0.266. The van der Waals surface area contributed by atoms with E-state index in [2.05, 4.69) is 20.3 Å². The lowest BCUT2D eigenvalue weighted by atomic mass is 10.4. The molecule has 0 atom stereocenters. The Hall–Kier alpha value is -0.0900. The predicted octanol–water partition coefficient (Wildman–Crippen LogP) is -0.661. The molecule has 0 aliphatic heterocycles. The maximum Gasteiger partial charge on any atom is 0.208 e. The second-order valence-corrected chi connectivity index (χ2v) is 4.60. The van der Waals surface area contributed by atoms with Gasteiger partial charge in [0.2, 0.25) is 10.0 Å². The van der Waals surface area contributed by atoms with E-state index in [1.807, 2.05) is 0 Å². The lowest BCUT2D eigenvalue weighted by Gasteiger charge is -2.07. The minimum atomic E-state index is -3.06. The largest absolute Gasteiger partial charge is 0.359 e. The van der Waals surface area contributed by atoms with Crippen molar-refractivity contribution >= 4 is 40.0 Å². The van der Waals surface area contributed by atoms with Gasteiger partial charge in [-0.1, -0.05) is 0 Å². The molecule has 0 saturated heterocycles. The Bertz CT molecular complexity index is 279. The third-order valence-electron chi connectivity index (χ3n) is 1.47. The summed E-state index contributed by atoms with van der Waals surface area (Å²) in [6.07, 6.45) is 1.86. The van der Waals surface area contributed by atoms with Gasteiger partial charge in [0.05, 0.1) is 6.26 Å². The van der Waals surface area contributed by atoms with Crippen molar-refractivity contribution in [3.63, 3.8) is 0 Å². The number of aliphatic imine (C=N–C) groups is 1. The third-order valence-corrected chi connectivity index (χ3v) is 2.20. The normalized spacial score (nSPS) is 11.8. The lowest BCUT2D eigenvalue weighted by Crippen LogP contribution is -2.36. The topological polar surface area (TPSA) is 82.6 Å². The maximum absolute atomic E-state index is 10.7. The molecule has 0 aromatic carbocycles. The highest BCUT2D eigenvalue weighted by molar-refractivity contribution is 14.0. The van der Waals surface area contributed by atoms with E-state index in [0.717, 1.165) is 6.26 Å². The molecule has 0 amide bonds. The molecular formula is C7H19IN4O2S. The fourth-order valence-electron chi connectivity index (χ4n) is 0.832. The second kappa shape index (κ2) is 9.16. The van der Waals surface area contributed by atoms with Gasteiger partial charge in [-0.05, 0) is 6.42 Å². The molecule has 0 fully saturated rings. The van der Waals surface area contributed by atoms with Gasteiger partial charge in [0, 0.05) is 27.2 Å². The Morgan fingerprint density at radius 1 is 1.33 bits per heavy atom. The summed E-state index contributed by atoms with van der Waals surface area (Å²) in [4.78, 5) is 3.91. The molecule has 0 rings (SSSR count). The van der Waals surface area contributed by atoms with Crippen molar-refractivity contribution in [3.05, 3.63) is 0 Å². The number of halogens is 1. The van der Waals surface area contributed by atoms with E-state index in [-0.39, 0.29) is 24.0 Å². The molecule has 0 spiro atoms. The van der Waals surface area contributed by atoms with Crippen LogP contribution in [0.15, 0.2) is 4.99 Å². The second-order valence-electron chi connectivity index (χ2n) is 2.77. The highest BCUT2D eigenvalue weighted by Crippen LogP contribution is 1.78. The smallest absolute Gasteiger partial charge is 0.208 e. The Morgan fingerprint density at radius 3 is 2.33 bits per heavy atom. The van der Waals surface area contributed by atoms with Crippen molar-refractivity contribution < 1.29 is 8.42 Å². The molecule has 3 N–H and O–H groups in total. The van der Waals surface area contributed by atoms with Gasteiger partial charge in [0.1, 0.15) is 0 Å². The standard InChI is InChI=1S/C7H18N4O2S.HI/c1-8-7(9-2)10-5-4-6-11-14(3,12)13;/h11H,4-6H2,1-3H3,(H2,8,9,10);1H. The summed E-state index contributed by atoms with van der Waals surface area (Å²) in [5.41, 5.74) is 0. The van der Waals surface area contributed by atoms with Gasteiger partial charge in [-0.3, -0.25) is 4.99 Å². The highest BCUT2D eigenvalue weighted by atomic mass is 127. The third kappa shape index (κ3) is 11.8. The summed E-state index contributed by atoms with van der Waals surface area (Å²) < 4.78 is 23.7. The summed E-state index contributed by atoms with van der Waals surface area (Å²) in [6.45, 7) is 1.11. The number of rotatable bonds is 5. The number of hydrogen-bond donors (Lipinski definition) is 3. The average Bonchev–Trinajstić information content (AvgIpc) is 2.09. The van der Waals surface area contributed by atoms with Gasteiger partial charge < -0.3 is 10.6 Å². The summed E-state index contributed by atoms with van der Waals surface area (Å²) >= 11 is 0. The Labute approximate surface area is 108 Å². The first-order valence-electron chi connectivity index (χ1n) is 4.32. The van der Waals surface area contributed by atoms with Gasteiger partial charge in [-0.25, -0.2) is 13.1 Å². The monoisotopic (exact) mass is 350 g/mol. The molecule has 0 aromatic heterocycles. The molecule has 15 heavy (non-hydrogen) atoms. The van der Waals surface area contributed by atoms with Gasteiger partial charge in [0.15, 0.2) is 5.96 Å². The zero-order chi connectivity index (χ0) is 11.0. The van der Waals surface area contributed by atoms with Crippen molar-refractivity contribution in [2.24, 2.45) is 4.99 Å². The predicted molar refractivity (Wildman–Crippen MR) is 73.3 cm³/mol. The zero-order valence-corrected chi connectivity index (χ0v) is 12.3. The first kappa shape index (κ1) is 17.3. The molecule has 92 valence electrons. The van der Waals surface area contributed by atoms with Crippen molar-refractivity contribution in [3.8, 4) is 0 Å². The van der Waals surface area contributed by atoms with Crippen LogP contribution in [0.25, 0.3) is 0 Å². The minimum absolute atomic E-state index is 0. The molecule has 0 aliphatic rings. The van der Waals surface area contributed by atoms with Crippen LogP contribution in [0.5, 0.6) is 0 Å². The van der Waals surface area contributed by atoms with E-state index in [4.69, 9.17) is 0 Å². The van der Waals surface area contributed by atoms with Crippen LogP contribution in [0.1, 0.15) is 6.42 Å². The van der Waals surface area contributed by atoms with Crippen molar-refractivity contribution in [1.82, 2.24) is 15.4 Å². The molecule has 0 bridgehead atoms. The van der Waals surface area contributed by atoms with Crippen LogP contribution in [0.3, 0.4) is 0 Å². The Morgan fingerprint density at radius 2 is 1.93 bits per heavy atom. The van der Waals surface area contributed by atoms with Crippen LogP contribution in [-0.2, 0) is 10.0 Å². The summed E-state index contributed by atoms with van der Waals surface area (Å²) in [7, 11) is 0.383. The first-order chi connectivity index (χ1) is 6.49. The van der Waals surface area contributed by atoms with Crippen molar-refractivity contribution in [1.29, 1.82) is 0 Å². The van der Waals surface area contributed by atoms with Crippen LogP contribution < -0.4 is 15.4 Å². The fourth-order valence-corrected chi connectivity index (χ4v) is 1.35. The number of guanidine groups is 1. The van der Waals surface area contributed by atoms with Crippen LogP contribution >= 0.6 is 24.0 Å². The Kier molecular flexibility index (Phi) is 10.6. The number of nitrogens with one attached hydrogen (secondary N) is 3. The van der Waals surface area contributed by atoms with Crippen LogP contribution in [0.4, 0.5) is 0 Å². The summed E-state index contributed by atoms with van der Waals surface area (Å²) in [5, 5.41) is 5.87. The molecular weight excluding hydrogens is 331 g/mol. The molecule has 0 aromatic rings. The first-order valence-corrected chi connectivity index (χ1v) is 6.22. The summed E-state index contributed by atoms with van der Waals surface area (Å²) in [6, 6.07) is 0. The van der Waals surface area contributed by atoms with E-state index in [1.54, 1.807) is 14.1 Å². The molecule has 0 unspecified atom stereocenters. The molecule has 8 heteroatoms. The minimum Gasteiger partial charge on any atom is -0.359 e. The fraction of sp³-hybridized carbons (Fsp3) is 0.857. The maximum atomic E-state index is 10.7. The van der Waals surface area contributed by atoms with E-state index < -0.39 is 10.0 Å². The number of sulfonamides is 1. The van der Waals surface area contributed by atoms with Gasteiger partial charge in [-0.2, -0.15) is 0 Å². The van der Waals surface area contributed by atoms with E-state index >= 15 is 0 Å². The van der Waals surface area contributed by atoms with Crippen LogP contribution in [-0.4, -0.2) is 47.8 Å². The number of nitrogens with zero attached hydrogens (tertiary/aromatic N) is 1. The zero-order valence-electron chi connectivity index (χ0n) is 9.20. The number of hydrogen-bond acceptors (Lipinski definition) is 3.